The van der Waals surface area contributed by atoms with Gasteiger partial charge in [0.05, 0.1) is 21.1 Å². The Morgan fingerprint density at radius 2 is 1.97 bits per heavy atom. The summed E-state index contributed by atoms with van der Waals surface area (Å²) in [6, 6.07) is 14.3. The molecule has 2 aromatic heterocycles. The summed E-state index contributed by atoms with van der Waals surface area (Å²) in [4.78, 5) is 20.8. The maximum absolute atomic E-state index is 13.0. The van der Waals surface area contributed by atoms with Crippen molar-refractivity contribution in [2.45, 2.75) is 33.2 Å². The SMILES string of the molecule is CCN1c2ccc(/C=c3\sc4nc5ccccc5n4c3=O)cc2C(C)=CC1(C)C. The first kappa shape index (κ1) is 18.1. The van der Waals surface area contributed by atoms with E-state index in [1.54, 1.807) is 4.40 Å². The molecule has 0 N–H and O–H groups in total. The van der Waals surface area contributed by atoms with Crippen LogP contribution in [0.4, 0.5) is 5.69 Å². The van der Waals surface area contributed by atoms with E-state index < -0.39 is 0 Å². The minimum absolute atomic E-state index is 0.00000257. The standard InChI is InChI=1S/C24H23N3OS/c1-5-26-19-11-10-16(12-17(19)15(2)14-24(26,3)4)13-21-22(28)27-20-9-7-6-8-18(20)25-23(27)29-21/h6-14H,5H2,1-4H3/b21-13-. The minimum Gasteiger partial charge on any atom is -0.363 e. The predicted molar refractivity (Wildman–Crippen MR) is 123 cm³/mol. The Morgan fingerprint density at radius 3 is 2.76 bits per heavy atom. The van der Waals surface area contributed by atoms with Crippen LogP contribution in [-0.2, 0) is 0 Å². The molecule has 0 saturated heterocycles. The van der Waals surface area contributed by atoms with Gasteiger partial charge in [-0.1, -0.05) is 35.6 Å². The zero-order valence-electron chi connectivity index (χ0n) is 17.1. The van der Waals surface area contributed by atoms with Crippen LogP contribution in [0.15, 0.2) is 53.3 Å². The Hall–Kier alpha value is -2.92. The van der Waals surface area contributed by atoms with E-state index in [4.69, 9.17) is 0 Å². The Morgan fingerprint density at radius 1 is 1.17 bits per heavy atom. The highest BCUT2D eigenvalue weighted by Crippen LogP contribution is 2.39. The largest absolute Gasteiger partial charge is 0.363 e. The summed E-state index contributed by atoms with van der Waals surface area (Å²) in [7, 11) is 0. The fourth-order valence-electron chi connectivity index (χ4n) is 4.53. The van der Waals surface area contributed by atoms with E-state index in [9.17, 15) is 4.79 Å². The highest BCUT2D eigenvalue weighted by Gasteiger charge is 2.29. The topological polar surface area (TPSA) is 37.6 Å². The van der Waals surface area contributed by atoms with Crippen molar-refractivity contribution in [3.8, 4) is 0 Å². The van der Waals surface area contributed by atoms with E-state index in [1.807, 2.05) is 30.3 Å². The van der Waals surface area contributed by atoms with Crippen molar-refractivity contribution in [1.82, 2.24) is 9.38 Å². The lowest BCUT2D eigenvalue weighted by atomic mass is 9.88. The molecule has 0 saturated carbocycles. The van der Waals surface area contributed by atoms with E-state index >= 15 is 0 Å². The fraction of sp³-hybridized carbons (Fsp3) is 0.250. The summed E-state index contributed by atoms with van der Waals surface area (Å²) in [6.07, 6.45) is 4.31. The third kappa shape index (κ3) is 2.72. The number of anilines is 1. The number of fused-ring (bicyclic) bond motifs is 4. The minimum atomic E-state index is -0.000650. The predicted octanol–water partition coefficient (Wildman–Crippen LogP) is 4.48. The summed E-state index contributed by atoms with van der Waals surface area (Å²) in [5.41, 5.74) is 6.53. The maximum atomic E-state index is 13.0. The molecule has 0 amide bonds. The monoisotopic (exact) mass is 401 g/mol. The zero-order chi connectivity index (χ0) is 20.3. The number of likely N-dealkylation sites (N-methyl/N-ethyl adjacent to an activating group) is 1. The van der Waals surface area contributed by atoms with Crippen LogP contribution < -0.4 is 15.0 Å². The molecule has 1 aliphatic heterocycles. The van der Waals surface area contributed by atoms with Crippen LogP contribution in [-0.4, -0.2) is 21.5 Å². The van der Waals surface area contributed by atoms with E-state index in [1.165, 1.54) is 28.2 Å². The summed E-state index contributed by atoms with van der Waals surface area (Å²) in [6.45, 7) is 9.81. The van der Waals surface area contributed by atoms with Crippen LogP contribution in [0, 0.1) is 0 Å². The van der Waals surface area contributed by atoms with E-state index in [0.717, 1.165) is 28.1 Å². The maximum Gasteiger partial charge on any atom is 0.274 e. The summed E-state index contributed by atoms with van der Waals surface area (Å²) >= 11 is 1.45. The summed E-state index contributed by atoms with van der Waals surface area (Å²) < 4.78 is 2.43. The number of imidazole rings is 1. The number of benzene rings is 2. The summed E-state index contributed by atoms with van der Waals surface area (Å²) in [5, 5.41) is 0. The van der Waals surface area contributed by atoms with Crippen molar-refractivity contribution in [2.75, 3.05) is 11.4 Å². The average Bonchev–Trinajstić information content (AvgIpc) is 3.18. The molecule has 1 aliphatic rings. The quantitative estimate of drug-likeness (QED) is 0.497. The van der Waals surface area contributed by atoms with Crippen molar-refractivity contribution in [2.24, 2.45) is 0 Å². The van der Waals surface area contributed by atoms with Gasteiger partial charge in [-0.2, -0.15) is 0 Å². The van der Waals surface area contributed by atoms with Crippen molar-refractivity contribution >= 4 is 44.7 Å². The Kier molecular flexibility index (Phi) is 3.93. The van der Waals surface area contributed by atoms with Crippen molar-refractivity contribution < 1.29 is 0 Å². The van der Waals surface area contributed by atoms with E-state index in [-0.39, 0.29) is 11.1 Å². The van der Waals surface area contributed by atoms with Gasteiger partial charge in [-0.3, -0.25) is 4.79 Å². The number of nitrogens with zero attached hydrogens (tertiary/aromatic N) is 3. The van der Waals surface area contributed by atoms with Crippen LogP contribution in [0.1, 0.15) is 38.8 Å². The molecule has 2 aromatic carbocycles. The Labute approximate surface area is 173 Å². The highest BCUT2D eigenvalue weighted by molar-refractivity contribution is 7.15. The molecule has 5 rings (SSSR count). The molecule has 5 heteroatoms. The lowest BCUT2D eigenvalue weighted by Crippen LogP contribution is -2.44. The first-order chi connectivity index (χ1) is 13.9. The number of aromatic nitrogens is 2. The molecule has 0 bridgehead atoms. The molecule has 0 aliphatic carbocycles. The molecule has 0 spiro atoms. The molecule has 3 heterocycles. The number of thiazole rings is 1. The van der Waals surface area contributed by atoms with Gasteiger partial charge >= 0.3 is 0 Å². The van der Waals surface area contributed by atoms with Crippen LogP contribution in [0.2, 0.25) is 0 Å². The first-order valence-corrected chi connectivity index (χ1v) is 10.7. The number of para-hydroxylation sites is 2. The van der Waals surface area contributed by atoms with Crippen LogP contribution in [0.25, 0.3) is 27.6 Å². The van der Waals surface area contributed by atoms with Crippen molar-refractivity contribution in [3.05, 3.63) is 74.6 Å². The van der Waals surface area contributed by atoms with Gasteiger partial charge in [0.15, 0.2) is 4.96 Å². The Balaban J connectivity index is 1.67. The average molecular weight is 402 g/mol. The molecule has 4 aromatic rings. The third-order valence-corrected chi connectivity index (χ3v) is 6.73. The molecule has 0 fully saturated rings. The van der Waals surface area contributed by atoms with Gasteiger partial charge in [0.2, 0.25) is 0 Å². The van der Waals surface area contributed by atoms with Gasteiger partial charge in [-0.05, 0) is 69.2 Å². The van der Waals surface area contributed by atoms with Crippen LogP contribution >= 0.6 is 11.3 Å². The van der Waals surface area contributed by atoms with Gasteiger partial charge in [-0.15, -0.1) is 0 Å². The fourth-order valence-corrected chi connectivity index (χ4v) is 5.52. The zero-order valence-corrected chi connectivity index (χ0v) is 17.9. The summed E-state index contributed by atoms with van der Waals surface area (Å²) in [5.74, 6) is 0. The molecule has 0 unspecified atom stereocenters. The van der Waals surface area contributed by atoms with Crippen molar-refractivity contribution in [3.63, 3.8) is 0 Å². The number of rotatable bonds is 2. The number of allylic oxidation sites excluding steroid dienone is 1. The van der Waals surface area contributed by atoms with Gasteiger partial charge < -0.3 is 4.90 Å². The molecule has 0 atom stereocenters. The van der Waals surface area contributed by atoms with Crippen molar-refractivity contribution in [1.29, 1.82) is 0 Å². The second-order valence-corrected chi connectivity index (χ2v) is 9.15. The van der Waals surface area contributed by atoms with Crippen LogP contribution in [0.5, 0.6) is 0 Å². The highest BCUT2D eigenvalue weighted by atomic mass is 32.1. The second-order valence-electron chi connectivity index (χ2n) is 8.14. The molecule has 146 valence electrons. The lowest BCUT2D eigenvalue weighted by Gasteiger charge is -2.42. The molecule has 4 nitrogen and oxygen atoms in total. The smallest absolute Gasteiger partial charge is 0.274 e. The first-order valence-electron chi connectivity index (χ1n) is 9.92. The molecular formula is C24H23N3OS. The molecular weight excluding hydrogens is 378 g/mol. The molecule has 0 radical (unpaired) electrons. The number of hydrogen-bond acceptors (Lipinski definition) is 4. The molecule has 29 heavy (non-hydrogen) atoms. The van der Waals surface area contributed by atoms with Gasteiger partial charge in [0.1, 0.15) is 0 Å². The normalized spacial score (nSPS) is 16.5. The Bertz CT molecular complexity index is 1410. The third-order valence-electron chi connectivity index (χ3n) is 5.76. The van der Waals surface area contributed by atoms with Gasteiger partial charge in [0, 0.05) is 17.8 Å². The van der Waals surface area contributed by atoms with Gasteiger partial charge in [0.25, 0.3) is 5.56 Å². The van der Waals surface area contributed by atoms with Crippen LogP contribution in [0.3, 0.4) is 0 Å². The van der Waals surface area contributed by atoms with E-state index in [0.29, 0.717) is 4.53 Å². The number of hydrogen-bond donors (Lipinski definition) is 0. The second kappa shape index (κ2) is 6.29. The lowest BCUT2D eigenvalue weighted by molar-refractivity contribution is 0.566. The van der Waals surface area contributed by atoms with Gasteiger partial charge in [-0.25, -0.2) is 9.38 Å². The van der Waals surface area contributed by atoms with E-state index in [2.05, 4.69) is 61.9 Å².